The minimum atomic E-state index is -0.583. The minimum absolute atomic E-state index is 0.0203. The van der Waals surface area contributed by atoms with Gasteiger partial charge in [0.25, 0.3) is 0 Å². The topological polar surface area (TPSA) is 38.0 Å². The highest BCUT2D eigenvalue weighted by Gasteiger charge is 2.18. The fraction of sp³-hybridized carbons (Fsp3) is 0.250. The third-order valence-corrected chi connectivity index (χ3v) is 4.15. The molecule has 2 nitrogen and oxygen atoms in total. The van der Waals surface area contributed by atoms with Gasteiger partial charge in [0.15, 0.2) is 0 Å². The molecular formula is C16H17BrF2N2. The molecule has 112 valence electrons. The molecule has 0 heterocycles. The average Bonchev–Trinajstić information content (AvgIpc) is 2.52. The van der Waals surface area contributed by atoms with Crippen molar-refractivity contribution in [3.8, 4) is 0 Å². The summed E-state index contributed by atoms with van der Waals surface area (Å²) >= 11 is 3.07. The maximum atomic E-state index is 14.0. The zero-order valence-corrected chi connectivity index (χ0v) is 13.3. The molecule has 0 aliphatic rings. The van der Waals surface area contributed by atoms with Gasteiger partial charge in [-0.3, -0.25) is 11.3 Å². The molecule has 0 radical (unpaired) electrons. The summed E-state index contributed by atoms with van der Waals surface area (Å²) in [5.41, 5.74) is 4.75. The van der Waals surface area contributed by atoms with E-state index >= 15 is 0 Å². The van der Waals surface area contributed by atoms with Gasteiger partial charge in [0.05, 0.1) is 10.5 Å². The molecule has 0 fully saturated rings. The minimum Gasteiger partial charge on any atom is -0.271 e. The van der Waals surface area contributed by atoms with Gasteiger partial charge in [-0.25, -0.2) is 8.78 Å². The largest absolute Gasteiger partial charge is 0.271 e. The Labute approximate surface area is 131 Å². The quantitative estimate of drug-likeness (QED) is 0.483. The molecule has 3 N–H and O–H groups in total. The Balaban J connectivity index is 2.28. The Morgan fingerprint density at radius 2 is 1.81 bits per heavy atom. The van der Waals surface area contributed by atoms with Crippen LogP contribution in [-0.4, -0.2) is 0 Å². The van der Waals surface area contributed by atoms with E-state index in [0.29, 0.717) is 0 Å². The van der Waals surface area contributed by atoms with Crippen molar-refractivity contribution in [1.82, 2.24) is 5.43 Å². The molecule has 0 aliphatic carbocycles. The van der Waals surface area contributed by atoms with E-state index in [4.69, 9.17) is 5.84 Å². The standard InChI is InChI=1S/C16H17BrF2N2/c1-2-10-3-5-11(6-4-10)15(21-20)9-12-14(18)8-7-13(17)16(12)19/h3-8,15,21H,2,9,20H2,1H3. The summed E-state index contributed by atoms with van der Waals surface area (Å²) < 4.78 is 28.1. The van der Waals surface area contributed by atoms with Crippen LogP contribution in [0.3, 0.4) is 0 Å². The molecule has 21 heavy (non-hydrogen) atoms. The number of hydrogen-bond acceptors (Lipinski definition) is 2. The van der Waals surface area contributed by atoms with E-state index in [-0.39, 0.29) is 22.5 Å². The Hall–Kier alpha value is -1.30. The van der Waals surface area contributed by atoms with Crippen LogP contribution in [-0.2, 0) is 12.8 Å². The molecule has 2 aromatic rings. The molecule has 2 rings (SSSR count). The maximum absolute atomic E-state index is 14.0. The Kier molecular flexibility index (Phi) is 5.45. The first-order valence-electron chi connectivity index (χ1n) is 6.74. The van der Waals surface area contributed by atoms with Crippen LogP contribution in [0, 0.1) is 11.6 Å². The van der Waals surface area contributed by atoms with Gasteiger partial charge in [-0.2, -0.15) is 0 Å². The summed E-state index contributed by atoms with van der Waals surface area (Å²) in [6, 6.07) is 10.1. The van der Waals surface area contributed by atoms with Crippen LogP contribution in [0.25, 0.3) is 0 Å². The van der Waals surface area contributed by atoms with Gasteiger partial charge in [0.1, 0.15) is 11.6 Å². The van der Waals surface area contributed by atoms with Crippen molar-refractivity contribution in [2.75, 3.05) is 0 Å². The molecule has 0 aliphatic heterocycles. The monoisotopic (exact) mass is 354 g/mol. The highest BCUT2D eigenvalue weighted by Crippen LogP contribution is 2.26. The normalized spacial score (nSPS) is 12.4. The molecule has 0 saturated heterocycles. The number of rotatable bonds is 5. The van der Waals surface area contributed by atoms with Gasteiger partial charge in [-0.15, -0.1) is 0 Å². The Morgan fingerprint density at radius 3 is 2.38 bits per heavy atom. The Morgan fingerprint density at radius 1 is 1.14 bits per heavy atom. The van der Waals surface area contributed by atoms with Crippen molar-refractivity contribution in [2.45, 2.75) is 25.8 Å². The second kappa shape index (κ2) is 7.11. The highest BCUT2D eigenvalue weighted by molar-refractivity contribution is 9.10. The second-order valence-corrected chi connectivity index (χ2v) is 5.69. The summed E-state index contributed by atoms with van der Waals surface area (Å²) in [4.78, 5) is 0. The summed E-state index contributed by atoms with van der Waals surface area (Å²) in [6.45, 7) is 2.07. The number of benzene rings is 2. The van der Waals surface area contributed by atoms with Crippen molar-refractivity contribution in [3.05, 3.63) is 69.2 Å². The summed E-state index contributed by atoms with van der Waals surface area (Å²) in [7, 11) is 0. The molecule has 0 saturated carbocycles. The summed E-state index contributed by atoms with van der Waals surface area (Å²) in [5, 5.41) is 0. The van der Waals surface area contributed by atoms with Crippen molar-refractivity contribution in [1.29, 1.82) is 0 Å². The lowest BCUT2D eigenvalue weighted by atomic mass is 9.97. The van der Waals surface area contributed by atoms with Gasteiger partial charge in [-0.05, 0) is 52.0 Å². The SMILES string of the molecule is CCc1ccc(C(Cc2c(F)ccc(Br)c2F)NN)cc1. The van der Waals surface area contributed by atoms with E-state index in [1.807, 2.05) is 24.3 Å². The van der Waals surface area contributed by atoms with Crippen LogP contribution in [0.15, 0.2) is 40.9 Å². The summed E-state index contributed by atoms with van der Waals surface area (Å²) in [6.07, 6.45) is 1.08. The molecule has 2 aromatic carbocycles. The molecular weight excluding hydrogens is 338 g/mol. The zero-order valence-electron chi connectivity index (χ0n) is 11.7. The van der Waals surface area contributed by atoms with Crippen molar-refractivity contribution in [2.24, 2.45) is 5.84 Å². The third kappa shape index (κ3) is 3.67. The predicted molar refractivity (Wildman–Crippen MR) is 83.6 cm³/mol. The lowest BCUT2D eigenvalue weighted by Gasteiger charge is -2.18. The van der Waals surface area contributed by atoms with Gasteiger partial charge < -0.3 is 0 Å². The highest BCUT2D eigenvalue weighted by atomic mass is 79.9. The number of hydrazine groups is 1. The summed E-state index contributed by atoms with van der Waals surface area (Å²) in [5.74, 6) is 4.40. The first-order valence-corrected chi connectivity index (χ1v) is 7.53. The van der Waals surface area contributed by atoms with Gasteiger partial charge in [0.2, 0.25) is 0 Å². The van der Waals surface area contributed by atoms with Crippen LogP contribution in [0.4, 0.5) is 8.78 Å². The number of nitrogens with two attached hydrogens (primary N) is 1. The van der Waals surface area contributed by atoms with Crippen molar-refractivity contribution in [3.63, 3.8) is 0 Å². The maximum Gasteiger partial charge on any atom is 0.143 e. The van der Waals surface area contributed by atoms with E-state index in [1.54, 1.807) is 0 Å². The number of hydrogen-bond donors (Lipinski definition) is 2. The number of nitrogens with one attached hydrogen (secondary N) is 1. The van der Waals surface area contributed by atoms with Crippen LogP contribution in [0.5, 0.6) is 0 Å². The van der Waals surface area contributed by atoms with Crippen LogP contribution in [0.2, 0.25) is 0 Å². The smallest absolute Gasteiger partial charge is 0.143 e. The zero-order chi connectivity index (χ0) is 15.4. The molecule has 5 heteroatoms. The third-order valence-electron chi connectivity index (χ3n) is 3.54. The van der Waals surface area contributed by atoms with Crippen molar-refractivity contribution < 1.29 is 8.78 Å². The van der Waals surface area contributed by atoms with E-state index in [1.165, 1.54) is 17.7 Å². The van der Waals surface area contributed by atoms with Gasteiger partial charge in [0, 0.05) is 5.56 Å². The second-order valence-electron chi connectivity index (χ2n) is 4.84. The molecule has 0 aromatic heterocycles. The fourth-order valence-electron chi connectivity index (χ4n) is 2.22. The molecule has 1 unspecified atom stereocenters. The van der Waals surface area contributed by atoms with E-state index < -0.39 is 11.6 Å². The molecule has 0 bridgehead atoms. The van der Waals surface area contributed by atoms with E-state index in [9.17, 15) is 8.78 Å². The van der Waals surface area contributed by atoms with Gasteiger partial charge >= 0.3 is 0 Å². The number of aryl methyl sites for hydroxylation is 1. The van der Waals surface area contributed by atoms with Crippen LogP contribution >= 0.6 is 15.9 Å². The molecule has 0 spiro atoms. The lowest BCUT2D eigenvalue weighted by molar-refractivity contribution is 0.498. The predicted octanol–water partition coefficient (Wildman–Crippen LogP) is 4.04. The van der Waals surface area contributed by atoms with E-state index in [0.717, 1.165) is 12.0 Å². The first kappa shape index (κ1) is 16.1. The fourth-order valence-corrected chi connectivity index (χ4v) is 2.59. The lowest BCUT2D eigenvalue weighted by Crippen LogP contribution is -2.30. The molecule has 1 atom stereocenters. The molecule has 0 amide bonds. The van der Waals surface area contributed by atoms with E-state index in [2.05, 4.69) is 28.3 Å². The van der Waals surface area contributed by atoms with Crippen LogP contribution in [0.1, 0.15) is 29.7 Å². The average molecular weight is 355 g/mol. The number of halogens is 3. The Bertz CT molecular complexity index is 614. The van der Waals surface area contributed by atoms with Crippen LogP contribution < -0.4 is 11.3 Å². The van der Waals surface area contributed by atoms with Crippen molar-refractivity contribution >= 4 is 15.9 Å². The van der Waals surface area contributed by atoms with Gasteiger partial charge in [-0.1, -0.05) is 31.2 Å². The first-order chi connectivity index (χ1) is 10.1.